The van der Waals surface area contributed by atoms with E-state index >= 15 is 0 Å². The lowest BCUT2D eigenvalue weighted by atomic mass is 10.1. The van der Waals surface area contributed by atoms with Crippen LogP contribution in [0.4, 0.5) is 0 Å². The highest BCUT2D eigenvalue weighted by Crippen LogP contribution is 2.08. The summed E-state index contributed by atoms with van der Waals surface area (Å²) < 4.78 is 0. The van der Waals surface area contributed by atoms with Crippen LogP contribution in [-0.4, -0.2) is 34.9 Å². The molecule has 3 N–H and O–H groups in total. The maximum atomic E-state index is 12.3. The van der Waals surface area contributed by atoms with Gasteiger partial charge in [0, 0.05) is 6.42 Å². The number of hydrogen-bond acceptors (Lipinski definition) is 3. The maximum Gasteiger partial charge on any atom is 0.220 e. The van der Waals surface area contributed by atoms with E-state index in [2.05, 4.69) is 116 Å². The molecule has 0 aromatic carbocycles. The Bertz CT molecular complexity index is 932. The fourth-order valence-corrected chi connectivity index (χ4v) is 4.33. The van der Waals surface area contributed by atoms with Crippen molar-refractivity contribution in [1.82, 2.24) is 5.32 Å². The summed E-state index contributed by atoms with van der Waals surface area (Å²) in [5.74, 6) is -0.112. The smallest absolute Gasteiger partial charge is 0.220 e. The second-order valence-electron chi connectivity index (χ2n) is 11.1. The van der Waals surface area contributed by atoms with Gasteiger partial charge in [0.1, 0.15) is 0 Å². The SMILES string of the molecule is CC/C=C\C/C=C\C/C=C\C/C=C\C/C=C\C/C=C\CCCCCCC(=O)NC(CO)C(O)/C=C/CC/C=C/CC/C=C/CC. The van der Waals surface area contributed by atoms with E-state index in [1.807, 2.05) is 6.08 Å². The molecule has 0 radical (unpaired) electrons. The molecule has 45 heavy (non-hydrogen) atoms. The Hall–Kier alpha value is -2.95. The molecule has 252 valence electrons. The van der Waals surface area contributed by atoms with Gasteiger partial charge in [-0.1, -0.05) is 136 Å². The summed E-state index contributed by atoms with van der Waals surface area (Å²) in [6.45, 7) is 4.01. The molecule has 2 atom stereocenters. The Morgan fingerprint density at radius 2 is 0.933 bits per heavy atom. The van der Waals surface area contributed by atoms with Gasteiger partial charge in [-0.2, -0.15) is 0 Å². The average molecular weight is 620 g/mol. The number of unbranched alkanes of at least 4 members (excludes halogenated alkanes) is 6. The fraction of sp³-hybridized carbons (Fsp3) is 0.537. The molecule has 0 aliphatic rings. The first kappa shape index (κ1) is 42.0. The highest BCUT2D eigenvalue weighted by molar-refractivity contribution is 5.76. The lowest BCUT2D eigenvalue weighted by molar-refractivity contribution is -0.123. The van der Waals surface area contributed by atoms with Crippen LogP contribution in [0.15, 0.2) is 109 Å². The molecule has 0 fully saturated rings. The lowest BCUT2D eigenvalue weighted by Crippen LogP contribution is -2.45. The molecule has 0 aromatic rings. The minimum Gasteiger partial charge on any atom is -0.394 e. The Morgan fingerprint density at radius 1 is 0.533 bits per heavy atom. The topological polar surface area (TPSA) is 69.6 Å². The van der Waals surface area contributed by atoms with E-state index in [9.17, 15) is 15.0 Å². The number of aliphatic hydroxyl groups is 2. The highest BCUT2D eigenvalue weighted by atomic mass is 16.3. The molecule has 1 amide bonds. The van der Waals surface area contributed by atoms with E-state index in [1.165, 1.54) is 0 Å². The van der Waals surface area contributed by atoms with Gasteiger partial charge in [-0.25, -0.2) is 0 Å². The largest absolute Gasteiger partial charge is 0.394 e. The molecule has 0 spiro atoms. The Labute approximate surface area is 276 Å². The molecule has 0 aromatic heterocycles. The van der Waals surface area contributed by atoms with Crippen molar-refractivity contribution < 1.29 is 15.0 Å². The number of aliphatic hydroxyl groups excluding tert-OH is 2. The molecular formula is C41H65NO3. The first-order chi connectivity index (χ1) is 22.2. The number of amides is 1. The molecule has 2 unspecified atom stereocenters. The third kappa shape index (κ3) is 32.3. The summed E-state index contributed by atoms with van der Waals surface area (Å²) in [4.78, 5) is 12.3. The van der Waals surface area contributed by atoms with Gasteiger partial charge in [0.05, 0.1) is 18.8 Å². The van der Waals surface area contributed by atoms with E-state index in [0.29, 0.717) is 6.42 Å². The molecule has 4 nitrogen and oxygen atoms in total. The van der Waals surface area contributed by atoms with Crippen molar-refractivity contribution in [3.05, 3.63) is 109 Å². The van der Waals surface area contributed by atoms with Gasteiger partial charge in [0.25, 0.3) is 0 Å². The zero-order valence-corrected chi connectivity index (χ0v) is 28.6. The minimum absolute atomic E-state index is 0.112. The summed E-state index contributed by atoms with van der Waals surface area (Å²) in [6.07, 6.45) is 54.6. The van der Waals surface area contributed by atoms with Crippen LogP contribution in [0.3, 0.4) is 0 Å². The van der Waals surface area contributed by atoms with Crippen molar-refractivity contribution in [3.8, 4) is 0 Å². The van der Waals surface area contributed by atoms with Crippen molar-refractivity contribution in [1.29, 1.82) is 0 Å². The summed E-state index contributed by atoms with van der Waals surface area (Å²) in [5, 5.41) is 22.7. The molecule has 0 aliphatic heterocycles. The monoisotopic (exact) mass is 619 g/mol. The van der Waals surface area contributed by atoms with Gasteiger partial charge in [0.2, 0.25) is 5.91 Å². The molecule has 4 heteroatoms. The first-order valence-electron chi connectivity index (χ1n) is 17.6. The van der Waals surface area contributed by atoms with E-state index in [-0.39, 0.29) is 12.5 Å². The summed E-state index contributed by atoms with van der Waals surface area (Å²) in [7, 11) is 0. The third-order valence-corrected chi connectivity index (χ3v) is 6.98. The molecule has 0 rings (SSSR count). The quantitative estimate of drug-likeness (QED) is 0.0576. The number of carbonyl (C=O) groups excluding carboxylic acids is 1. The molecule has 0 heterocycles. The van der Waals surface area contributed by atoms with Gasteiger partial charge in [-0.3, -0.25) is 4.79 Å². The number of nitrogens with one attached hydrogen (secondary N) is 1. The van der Waals surface area contributed by atoms with Gasteiger partial charge < -0.3 is 15.5 Å². The summed E-state index contributed by atoms with van der Waals surface area (Å²) in [5.41, 5.74) is 0. The first-order valence-corrected chi connectivity index (χ1v) is 17.6. The second kappa shape index (κ2) is 35.5. The van der Waals surface area contributed by atoms with Crippen molar-refractivity contribution in [2.45, 2.75) is 135 Å². The third-order valence-electron chi connectivity index (χ3n) is 6.98. The standard InChI is InChI=1S/C41H65NO3/c1-3-5-7-9-11-13-15-16-17-18-19-20-21-22-23-24-25-26-27-29-31-33-35-37-41(45)42-39(38-43)40(44)36-34-32-30-28-14-12-10-8-6-4-2/h5-8,11,13-14,16-17,19-20,22-23,25-26,28,34,36,39-40,43-44H,3-4,9-10,12,15,18,21,24,27,29-33,35,37-38H2,1-2H3,(H,42,45)/b7-5-,8-6+,13-11-,17-16-,20-19-,23-22-,26-25-,28-14+,36-34+. The second-order valence-corrected chi connectivity index (χ2v) is 11.1. The van der Waals surface area contributed by atoms with E-state index in [0.717, 1.165) is 103 Å². The van der Waals surface area contributed by atoms with E-state index < -0.39 is 12.1 Å². The van der Waals surface area contributed by atoms with Crippen molar-refractivity contribution in [2.75, 3.05) is 6.61 Å². The Balaban J connectivity index is 3.79. The zero-order valence-electron chi connectivity index (χ0n) is 28.6. The van der Waals surface area contributed by atoms with Crippen molar-refractivity contribution in [3.63, 3.8) is 0 Å². The predicted octanol–water partition coefficient (Wildman–Crippen LogP) is 10.5. The van der Waals surface area contributed by atoms with Crippen molar-refractivity contribution in [2.24, 2.45) is 0 Å². The minimum atomic E-state index is -0.886. The zero-order chi connectivity index (χ0) is 32.9. The van der Waals surface area contributed by atoms with Crippen LogP contribution in [-0.2, 0) is 4.79 Å². The fourth-order valence-electron chi connectivity index (χ4n) is 4.33. The Kier molecular flexibility index (Phi) is 33.2. The average Bonchev–Trinajstić information content (AvgIpc) is 3.04. The maximum absolute atomic E-state index is 12.3. The molecule has 0 saturated heterocycles. The van der Waals surface area contributed by atoms with Crippen LogP contribution in [0, 0.1) is 0 Å². The number of hydrogen-bond donors (Lipinski definition) is 3. The van der Waals surface area contributed by atoms with Crippen LogP contribution in [0.25, 0.3) is 0 Å². The molecule has 0 saturated carbocycles. The van der Waals surface area contributed by atoms with Crippen molar-refractivity contribution >= 4 is 5.91 Å². The summed E-state index contributed by atoms with van der Waals surface area (Å²) in [6, 6.07) is -0.664. The number of allylic oxidation sites excluding steroid dienone is 17. The van der Waals surface area contributed by atoms with E-state index in [1.54, 1.807) is 6.08 Å². The van der Waals surface area contributed by atoms with Crippen LogP contribution in [0.2, 0.25) is 0 Å². The molecule has 0 bridgehead atoms. The van der Waals surface area contributed by atoms with Crippen LogP contribution in [0.5, 0.6) is 0 Å². The van der Waals surface area contributed by atoms with Crippen LogP contribution in [0.1, 0.15) is 123 Å². The lowest BCUT2D eigenvalue weighted by Gasteiger charge is -2.19. The molecular weight excluding hydrogens is 554 g/mol. The van der Waals surface area contributed by atoms with Crippen LogP contribution >= 0.6 is 0 Å². The molecule has 0 aliphatic carbocycles. The summed E-state index contributed by atoms with van der Waals surface area (Å²) >= 11 is 0. The normalized spacial score (nSPS) is 14.5. The highest BCUT2D eigenvalue weighted by Gasteiger charge is 2.17. The van der Waals surface area contributed by atoms with Crippen LogP contribution < -0.4 is 5.32 Å². The predicted molar refractivity (Wildman–Crippen MR) is 197 cm³/mol. The number of rotatable bonds is 29. The van der Waals surface area contributed by atoms with E-state index in [4.69, 9.17) is 0 Å². The van der Waals surface area contributed by atoms with Gasteiger partial charge in [-0.05, 0) is 89.9 Å². The van der Waals surface area contributed by atoms with Gasteiger partial charge >= 0.3 is 0 Å². The van der Waals surface area contributed by atoms with Gasteiger partial charge in [0.15, 0.2) is 0 Å². The Morgan fingerprint density at radius 3 is 1.44 bits per heavy atom. The number of carbonyl (C=O) groups is 1. The van der Waals surface area contributed by atoms with Gasteiger partial charge in [-0.15, -0.1) is 0 Å².